The van der Waals surface area contributed by atoms with Crippen LogP contribution in [0, 0.1) is 0 Å². The van der Waals surface area contributed by atoms with Crippen molar-refractivity contribution in [3.05, 3.63) is 35.4 Å². The molecule has 1 N–H and O–H groups in total. The van der Waals surface area contributed by atoms with Crippen molar-refractivity contribution in [2.75, 3.05) is 13.7 Å². The number of hydrogen-bond donors (Lipinski definition) is 1. The van der Waals surface area contributed by atoms with Gasteiger partial charge in [0.1, 0.15) is 0 Å². The van der Waals surface area contributed by atoms with Crippen LogP contribution in [-0.4, -0.2) is 24.4 Å². The summed E-state index contributed by atoms with van der Waals surface area (Å²) < 4.78 is 5.85. The van der Waals surface area contributed by atoms with Gasteiger partial charge in [0.15, 0.2) is 0 Å². The predicted molar refractivity (Wildman–Crippen MR) is 67.2 cm³/mol. The maximum atomic E-state index is 9.31. The van der Waals surface area contributed by atoms with Crippen molar-refractivity contribution in [2.45, 2.75) is 43.1 Å². The quantitative estimate of drug-likeness (QED) is 0.868. The fourth-order valence-electron chi connectivity index (χ4n) is 3.99. The topological polar surface area (TPSA) is 29.5 Å². The first-order valence-corrected chi connectivity index (χ1v) is 6.55. The lowest BCUT2D eigenvalue weighted by atomic mass is 9.58. The fourth-order valence-corrected chi connectivity index (χ4v) is 3.99. The highest BCUT2D eigenvalue weighted by Gasteiger charge is 2.49. The van der Waals surface area contributed by atoms with Crippen molar-refractivity contribution in [2.24, 2.45) is 0 Å². The molecule has 92 valence electrons. The minimum atomic E-state index is -0.119. The third-order valence-electron chi connectivity index (χ3n) is 4.78. The average molecular weight is 232 g/mol. The zero-order valence-corrected chi connectivity index (χ0v) is 10.4. The monoisotopic (exact) mass is 232 g/mol. The van der Waals surface area contributed by atoms with Gasteiger partial charge in [-0.3, -0.25) is 0 Å². The lowest BCUT2D eigenvalue weighted by Gasteiger charge is -2.51. The second-order valence-electron chi connectivity index (χ2n) is 5.40. The number of methoxy groups -OCH3 is 1. The predicted octanol–water partition coefficient (Wildman–Crippen LogP) is 2.82. The minimum Gasteiger partial charge on any atom is -0.396 e. The molecule has 0 saturated heterocycles. The lowest BCUT2D eigenvalue weighted by Crippen LogP contribution is -2.47. The largest absolute Gasteiger partial charge is 0.396 e. The zero-order chi connectivity index (χ0) is 11.9. The van der Waals surface area contributed by atoms with Crippen molar-refractivity contribution in [3.63, 3.8) is 0 Å². The van der Waals surface area contributed by atoms with E-state index < -0.39 is 0 Å². The van der Waals surface area contributed by atoms with E-state index in [4.69, 9.17) is 4.74 Å². The molecule has 2 bridgehead atoms. The first kappa shape index (κ1) is 11.2. The van der Waals surface area contributed by atoms with E-state index in [2.05, 4.69) is 24.3 Å². The van der Waals surface area contributed by atoms with Crippen LogP contribution in [0.3, 0.4) is 0 Å². The number of hydrogen-bond acceptors (Lipinski definition) is 2. The van der Waals surface area contributed by atoms with E-state index in [0.717, 1.165) is 12.8 Å². The molecule has 1 fully saturated rings. The van der Waals surface area contributed by atoms with Gasteiger partial charge in [-0.25, -0.2) is 0 Å². The first-order valence-electron chi connectivity index (χ1n) is 6.55. The van der Waals surface area contributed by atoms with Crippen molar-refractivity contribution in [3.8, 4) is 0 Å². The Bertz CT molecular complexity index is 415. The number of fused-ring (bicyclic) bond motifs is 2. The highest BCUT2D eigenvalue weighted by atomic mass is 16.5. The molecule has 0 heterocycles. The second-order valence-corrected chi connectivity index (χ2v) is 5.40. The Morgan fingerprint density at radius 1 is 1.29 bits per heavy atom. The molecule has 17 heavy (non-hydrogen) atoms. The molecule has 1 saturated carbocycles. The number of aliphatic hydroxyl groups excluding tert-OH is 1. The molecular formula is C15H20O2. The highest BCUT2D eigenvalue weighted by molar-refractivity contribution is 5.41. The van der Waals surface area contributed by atoms with E-state index in [9.17, 15) is 5.11 Å². The maximum absolute atomic E-state index is 9.31. The number of aliphatic hydroxyl groups is 1. The molecule has 0 aliphatic heterocycles. The van der Waals surface area contributed by atoms with Gasteiger partial charge in [-0.2, -0.15) is 0 Å². The summed E-state index contributed by atoms with van der Waals surface area (Å²) in [5, 5.41) is 9.31. The summed E-state index contributed by atoms with van der Waals surface area (Å²) in [6, 6.07) is 8.78. The smallest absolute Gasteiger partial charge is 0.0774 e. The van der Waals surface area contributed by atoms with Crippen molar-refractivity contribution in [1.29, 1.82) is 0 Å². The number of ether oxygens (including phenoxy) is 1. The Morgan fingerprint density at radius 3 is 2.76 bits per heavy atom. The van der Waals surface area contributed by atoms with E-state index in [-0.39, 0.29) is 12.2 Å². The van der Waals surface area contributed by atoms with Gasteiger partial charge in [0.2, 0.25) is 0 Å². The molecule has 2 nitrogen and oxygen atoms in total. The van der Waals surface area contributed by atoms with Gasteiger partial charge < -0.3 is 9.84 Å². The first-order chi connectivity index (χ1) is 8.30. The van der Waals surface area contributed by atoms with Crippen molar-refractivity contribution < 1.29 is 9.84 Å². The summed E-state index contributed by atoms with van der Waals surface area (Å²) in [6.45, 7) is 0.221. The van der Waals surface area contributed by atoms with Crippen LogP contribution in [-0.2, 0) is 4.74 Å². The average Bonchev–Trinajstić information content (AvgIpc) is 2.40. The van der Waals surface area contributed by atoms with Gasteiger partial charge in [0.25, 0.3) is 0 Å². The Balaban J connectivity index is 2.05. The summed E-state index contributed by atoms with van der Waals surface area (Å²) >= 11 is 0. The Morgan fingerprint density at radius 2 is 2.06 bits per heavy atom. The Labute approximate surface area is 103 Å². The summed E-state index contributed by atoms with van der Waals surface area (Å²) in [5.74, 6) is 1.10. The Hall–Kier alpha value is -0.860. The van der Waals surface area contributed by atoms with Crippen LogP contribution >= 0.6 is 0 Å². The maximum Gasteiger partial charge on any atom is 0.0774 e. The van der Waals surface area contributed by atoms with Crippen molar-refractivity contribution in [1.82, 2.24) is 0 Å². The summed E-state index contributed by atoms with van der Waals surface area (Å²) in [6.07, 6.45) is 4.32. The molecule has 1 aromatic carbocycles. The Kier molecular flexibility index (Phi) is 2.72. The van der Waals surface area contributed by atoms with Crippen LogP contribution in [0.5, 0.6) is 0 Å². The molecule has 1 aromatic rings. The van der Waals surface area contributed by atoms with E-state index >= 15 is 0 Å². The molecule has 0 amide bonds. The second kappa shape index (κ2) is 4.11. The number of rotatable bonds is 3. The third-order valence-corrected chi connectivity index (χ3v) is 4.78. The van der Waals surface area contributed by atoms with E-state index in [1.165, 1.54) is 24.0 Å². The molecule has 0 unspecified atom stereocenters. The minimum absolute atomic E-state index is 0.119. The molecular weight excluding hydrogens is 212 g/mol. The zero-order valence-electron chi connectivity index (χ0n) is 10.4. The van der Waals surface area contributed by atoms with Gasteiger partial charge in [0, 0.05) is 26.1 Å². The normalized spacial score (nSPS) is 34.7. The van der Waals surface area contributed by atoms with Gasteiger partial charge in [-0.15, -0.1) is 0 Å². The van der Waals surface area contributed by atoms with E-state index in [1.807, 2.05) is 0 Å². The molecule has 4 rings (SSSR count). The summed E-state index contributed by atoms with van der Waals surface area (Å²) in [5.41, 5.74) is 2.87. The van der Waals surface area contributed by atoms with Crippen LogP contribution < -0.4 is 0 Å². The standard InChI is InChI=1S/C15H20O2/c1-17-15(8-9-16)10-11-6-7-14(15)13-5-3-2-4-12(11)13/h2-5,11,14,16H,6-10H2,1H3/t11-,14-,15+/m1/s1. The van der Waals surface area contributed by atoms with Gasteiger partial charge >= 0.3 is 0 Å². The van der Waals surface area contributed by atoms with Crippen LogP contribution in [0.4, 0.5) is 0 Å². The SMILES string of the molecule is CO[C@@]1(CCO)C[C@H]2CC[C@@H]1c1ccccc12. The van der Waals surface area contributed by atoms with Crippen LogP contribution in [0.15, 0.2) is 24.3 Å². The highest BCUT2D eigenvalue weighted by Crippen LogP contribution is 2.56. The number of benzene rings is 1. The lowest BCUT2D eigenvalue weighted by molar-refractivity contribution is -0.0833. The van der Waals surface area contributed by atoms with Gasteiger partial charge in [-0.05, 0) is 36.3 Å². The third kappa shape index (κ3) is 1.54. The van der Waals surface area contributed by atoms with E-state index in [0.29, 0.717) is 11.8 Å². The molecule has 0 spiro atoms. The molecule has 0 aromatic heterocycles. The molecule has 2 heteroatoms. The van der Waals surface area contributed by atoms with Crippen LogP contribution in [0.2, 0.25) is 0 Å². The van der Waals surface area contributed by atoms with Gasteiger partial charge in [0.05, 0.1) is 5.60 Å². The van der Waals surface area contributed by atoms with Gasteiger partial charge in [-0.1, -0.05) is 24.3 Å². The van der Waals surface area contributed by atoms with Crippen molar-refractivity contribution >= 4 is 0 Å². The fraction of sp³-hybridized carbons (Fsp3) is 0.600. The van der Waals surface area contributed by atoms with Crippen LogP contribution in [0.25, 0.3) is 0 Å². The molecule has 3 atom stereocenters. The van der Waals surface area contributed by atoms with E-state index in [1.54, 1.807) is 7.11 Å². The summed E-state index contributed by atoms with van der Waals surface area (Å²) in [4.78, 5) is 0. The molecule has 3 aliphatic carbocycles. The molecule has 3 aliphatic rings. The van der Waals surface area contributed by atoms with Crippen LogP contribution in [0.1, 0.15) is 48.6 Å². The molecule has 0 radical (unpaired) electrons. The summed E-state index contributed by atoms with van der Waals surface area (Å²) in [7, 11) is 1.80.